The highest BCUT2D eigenvalue weighted by atomic mass is 32.1. The van der Waals surface area contributed by atoms with E-state index in [1.54, 1.807) is 24.2 Å². The Labute approximate surface area is 154 Å². The van der Waals surface area contributed by atoms with Gasteiger partial charge in [-0.3, -0.25) is 4.68 Å². The summed E-state index contributed by atoms with van der Waals surface area (Å²) in [6.45, 7) is 1.75. The second-order valence-corrected chi connectivity index (χ2v) is 6.67. The number of thiophene rings is 1. The number of nitrogens with two attached hydrogens (primary N) is 2. The van der Waals surface area contributed by atoms with Crippen LogP contribution >= 0.6 is 11.3 Å². The molecule has 0 saturated heterocycles. The summed E-state index contributed by atoms with van der Waals surface area (Å²) in [6, 6.07) is 1.84. The third-order valence-electron chi connectivity index (χ3n) is 3.66. The first kappa shape index (κ1) is 17.8. The lowest BCUT2D eigenvalue weighted by atomic mass is 10.2. The maximum absolute atomic E-state index is 7.32. The monoisotopic (exact) mass is 372 g/mol. The molecule has 9 nitrogen and oxygen atoms in total. The normalized spacial score (nSPS) is 10.8. The van der Waals surface area contributed by atoms with E-state index in [0.717, 1.165) is 15.3 Å². The summed E-state index contributed by atoms with van der Waals surface area (Å²) in [4.78, 5) is 10.5. The molecule has 0 spiro atoms. The molecule has 0 atom stereocenters. The summed E-state index contributed by atoms with van der Waals surface area (Å²) in [5.41, 5.74) is 13.9. The van der Waals surface area contributed by atoms with Crippen molar-refractivity contribution in [2.75, 3.05) is 30.5 Å². The molecule has 136 valence electrons. The van der Waals surface area contributed by atoms with Crippen LogP contribution in [0.4, 0.5) is 17.3 Å². The van der Waals surface area contributed by atoms with Gasteiger partial charge in [0.05, 0.1) is 48.3 Å². The molecule has 0 amide bonds. The van der Waals surface area contributed by atoms with Crippen LogP contribution in [0.15, 0.2) is 24.7 Å². The molecule has 3 heterocycles. The van der Waals surface area contributed by atoms with E-state index in [4.69, 9.17) is 21.6 Å². The Morgan fingerprint density at radius 3 is 2.96 bits per heavy atom. The van der Waals surface area contributed by atoms with Crippen molar-refractivity contribution in [3.63, 3.8) is 0 Å². The predicted molar refractivity (Wildman–Crippen MR) is 103 cm³/mol. The van der Waals surface area contributed by atoms with E-state index in [2.05, 4.69) is 20.4 Å². The van der Waals surface area contributed by atoms with Gasteiger partial charge in [-0.2, -0.15) is 5.10 Å². The van der Waals surface area contributed by atoms with Gasteiger partial charge in [0, 0.05) is 30.0 Å². The molecule has 0 radical (unpaired) electrons. The molecular weight excluding hydrogens is 352 g/mol. The van der Waals surface area contributed by atoms with Crippen LogP contribution in [0.5, 0.6) is 0 Å². The average molecular weight is 372 g/mol. The molecule has 0 aromatic carbocycles. The Hall–Kier alpha value is -2.98. The van der Waals surface area contributed by atoms with Crippen molar-refractivity contribution in [3.8, 4) is 11.3 Å². The van der Waals surface area contributed by atoms with Gasteiger partial charge in [-0.1, -0.05) is 0 Å². The number of hydrogen-bond donors (Lipinski definition) is 4. The molecule has 0 fully saturated rings. The van der Waals surface area contributed by atoms with Crippen LogP contribution in [-0.4, -0.2) is 39.7 Å². The molecule has 3 rings (SSSR count). The van der Waals surface area contributed by atoms with Gasteiger partial charge in [0.1, 0.15) is 0 Å². The molecule has 0 unspecified atom stereocenters. The van der Waals surface area contributed by atoms with Crippen molar-refractivity contribution in [1.82, 2.24) is 19.7 Å². The highest BCUT2D eigenvalue weighted by Crippen LogP contribution is 2.25. The molecule has 0 aliphatic carbocycles. The van der Waals surface area contributed by atoms with E-state index in [1.807, 2.05) is 12.3 Å². The van der Waals surface area contributed by atoms with Crippen LogP contribution in [0.1, 0.15) is 9.75 Å². The smallest absolute Gasteiger partial charge is 0.169 e. The van der Waals surface area contributed by atoms with Gasteiger partial charge in [-0.15, -0.1) is 11.3 Å². The molecule has 0 saturated carbocycles. The number of nitrogens with zero attached hydrogens (tertiary/aromatic N) is 4. The molecule has 6 N–H and O–H groups in total. The molecule has 0 aliphatic rings. The van der Waals surface area contributed by atoms with Crippen molar-refractivity contribution in [3.05, 3.63) is 34.4 Å². The highest BCUT2D eigenvalue weighted by Gasteiger charge is 2.10. The van der Waals surface area contributed by atoms with Crippen molar-refractivity contribution in [2.24, 2.45) is 0 Å². The highest BCUT2D eigenvalue weighted by molar-refractivity contribution is 7.14. The molecular formula is C16H20N8OS. The fourth-order valence-electron chi connectivity index (χ4n) is 2.32. The Morgan fingerprint density at radius 2 is 2.23 bits per heavy atom. The Balaban J connectivity index is 1.74. The molecule has 3 aromatic heterocycles. The molecule has 26 heavy (non-hydrogen) atoms. The minimum atomic E-state index is 0.317. The number of nitrogen functional groups attached to an aromatic ring is 2. The zero-order valence-electron chi connectivity index (χ0n) is 14.3. The molecule has 10 heteroatoms. The summed E-state index contributed by atoms with van der Waals surface area (Å²) in [7, 11) is 1.65. The number of methoxy groups -OCH3 is 1. The lowest BCUT2D eigenvalue weighted by Gasteiger charge is -2.08. The maximum atomic E-state index is 7.32. The van der Waals surface area contributed by atoms with Crippen LogP contribution in [0, 0.1) is 5.41 Å². The number of hydrogen-bond acceptors (Lipinski definition) is 9. The van der Waals surface area contributed by atoms with Gasteiger partial charge in [-0.05, 0) is 6.07 Å². The van der Waals surface area contributed by atoms with Crippen molar-refractivity contribution >= 4 is 34.9 Å². The second-order valence-electron chi connectivity index (χ2n) is 5.50. The minimum absolute atomic E-state index is 0.317. The molecule has 0 aliphatic heterocycles. The third kappa shape index (κ3) is 3.98. The summed E-state index contributed by atoms with van der Waals surface area (Å²) >= 11 is 1.45. The maximum Gasteiger partial charge on any atom is 0.169 e. The molecule has 0 bridgehead atoms. The van der Waals surface area contributed by atoms with Gasteiger partial charge >= 0.3 is 0 Å². The van der Waals surface area contributed by atoms with Crippen molar-refractivity contribution < 1.29 is 4.74 Å². The third-order valence-corrected chi connectivity index (χ3v) is 4.76. The van der Waals surface area contributed by atoms with Gasteiger partial charge in [0.15, 0.2) is 11.6 Å². The standard InChI is InChI=1S/C16H20N8OS/c1-25-3-2-24-9-10(6-22-24)13-8-20-15(19)16(23-13)21-7-11-4-12(18)14(5-17)26-11/h4-6,8-9,17H,2-3,7,18H2,1H3,(H2,19,20)(H,21,23). The SMILES string of the molecule is COCCn1cc(-c2cnc(N)c(NCc3cc(N)c(C=N)s3)n2)cn1. The van der Waals surface area contributed by atoms with Gasteiger partial charge < -0.3 is 26.9 Å². The van der Waals surface area contributed by atoms with E-state index in [9.17, 15) is 0 Å². The first-order valence-corrected chi connectivity index (χ1v) is 8.69. The van der Waals surface area contributed by atoms with Gasteiger partial charge in [-0.25, -0.2) is 9.97 Å². The summed E-state index contributed by atoms with van der Waals surface area (Å²) < 4.78 is 6.84. The van der Waals surface area contributed by atoms with Crippen LogP contribution in [-0.2, 0) is 17.8 Å². The molecule has 3 aromatic rings. The lowest BCUT2D eigenvalue weighted by molar-refractivity contribution is 0.183. The number of nitrogens with one attached hydrogen (secondary N) is 2. The number of ether oxygens (including phenoxy) is 1. The largest absolute Gasteiger partial charge is 0.398 e. The quantitative estimate of drug-likeness (QED) is 0.442. The van der Waals surface area contributed by atoms with Crippen LogP contribution in [0.2, 0.25) is 0 Å². The Kier molecular flexibility index (Phi) is 5.44. The number of anilines is 3. The van der Waals surface area contributed by atoms with Crippen LogP contribution in [0.3, 0.4) is 0 Å². The van der Waals surface area contributed by atoms with Crippen LogP contribution in [0.25, 0.3) is 11.3 Å². The summed E-state index contributed by atoms with van der Waals surface area (Å²) in [6.07, 6.45) is 6.49. The average Bonchev–Trinajstić information content (AvgIpc) is 3.25. The Morgan fingerprint density at radius 1 is 1.38 bits per heavy atom. The zero-order valence-corrected chi connectivity index (χ0v) is 15.1. The van der Waals surface area contributed by atoms with E-state index >= 15 is 0 Å². The van der Waals surface area contributed by atoms with Crippen molar-refractivity contribution in [2.45, 2.75) is 13.1 Å². The number of rotatable bonds is 8. The van der Waals surface area contributed by atoms with E-state index < -0.39 is 0 Å². The van der Waals surface area contributed by atoms with E-state index in [0.29, 0.717) is 42.7 Å². The zero-order chi connectivity index (χ0) is 18.5. The van der Waals surface area contributed by atoms with E-state index in [-0.39, 0.29) is 0 Å². The van der Waals surface area contributed by atoms with Gasteiger partial charge in [0.25, 0.3) is 0 Å². The van der Waals surface area contributed by atoms with Crippen molar-refractivity contribution in [1.29, 1.82) is 5.41 Å². The van der Waals surface area contributed by atoms with Crippen LogP contribution < -0.4 is 16.8 Å². The summed E-state index contributed by atoms with van der Waals surface area (Å²) in [5, 5.41) is 14.8. The minimum Gasteiger partial charge on any atom is -0.398 e. The van der Waals surface area contributed by atoms with Gasteiger partial charge in [0.2, 0.25) is 0 Å². The topological polar surface area (TPSA) is 141 Å². The fourth-order valence-corrected chi connectivity index (χ4v) is 3.16. The first-order chi connectivity index (χ1) is 12.6. The predicted octanol–water partition coefficient (Wildman–Crippen LogP) is 1.82. The first-order valence-electron chi connectivity index (χ1n) is 7.87. The lowest BCUT2D eigenvalue weighted by Crippen LogP contribution is -2.06. The van der Waals surface area contributed by atoms with E-state index in [1.165, 1.54) is 17.6 Å². The summed E-state index contributed by atoms with van der Waals surface area (Å²) in [5.74, 6) is 0.813. The number of aromatic nitrogens is 4. The fraction of sp³-hybridized carbons (Fsp3) is 0.250. The Bertz CT molecular complexity index is 904. The second kappa shape index (κ2) is 7.93.